The van der Waals surface area contributed by atoms with E-state index < -0.39 is 28.7 Å². The smallest absolute Gasteiger partial charge is 0.256 e. The van der Waals surface area contributed by atoms with Crippen molar-refractivity contribution < 1.29 is 17.9 Å². The van der Waals surface area contributed by atoms with Gasteiger partial charge in [-0.25, -0.2) is 18.2 Å². The van der Waals surface area contributed by atoms with Crippen LogP contribution in [-0.2, 0) is 4.74 Å². The van der Waals surface area contributed by atoms with Crippen LogP contribution in [0.15, 0.2) is 53.3 Å². The van der Waals surface area contributed by atoms with Crippen LogP contribution in [0.2, 0.25) is 0 Å². The van der Waals surface area contributed by atoms with Crippen molar-refractivity contribution >= 4 is 17.0 Å². The van der Waals surface area contributed by atoms with E-state index in [4.69, 9.17) is 4.74 Å². The third kappa shape index (κ3) is 4.03. The molecule has 0 bridgehead atoms. The summed E-state index contributed by atoms with van der Waals surface area (Å²) >= 11 is 0. The van der Waals surface area contributed by atoms with Crippen LogP contribution in [0.1, 0.15) is 18.4 Å². The number of nitrogens with zero attached hydrogens (tertiary/aromatic N) is 3. The summed E-state index contributed by atoms with van der Waals surface area (Å²) in [6.45, 7) is 2.84. The number of nitrogens with one attached hydrogen (secondary N) is 1. The van der Waals surface area contributed by atoms with Crippen molar-refractivity contribution in [2.75, 3.05) is 18.5 Å². The summed E-state index contributed by atoms with van der Waals surface area (Å²) in [6, 6.07) is 10.3. The molecule has 1 aliphatic heterocycles. The summed E-state index contributed by atoms with van der Waals surface area (Å²) in [6.07, 6.45) is 1.82. The molecule has 1 saturated heterocycles. The van der Waals surface area contributed by atoms with Gasteiger partial charge in [-0.2, -0.15) is 4.98 Å². The molecule has 0 saturated carbocycles. The monoisotopic (exact) mass is 466 g/mol. The summed E-state index contributed by atoms with van der Waals surface area (Å²) in [7, 11) is 0. The molecular weight excluding hydrogens is 445 g/mol. The molecule has 0 amide bonds. The summed E-state index contributed by atoms with van der Waals surface area (Å²) in [5, 5.41) is 3.51. The van der Waals surface area contributed by atoms with Gasteiger partial charge in [0.2, 0.25) is 5.95 Å². The zero-order chi connectivity index (χ0) is 23.8. The number of ether oxygens (including phenoxy) is 1. The largest absolute Gasteiger partial charge is 0.376 e. The Kier molecular flexibility index (Phi) is 5.79. The highest BCUT2D eigenvalue weighted by Crippen LogP contribution is 2.31. The van der Waals surface area contributed by atoms with Gasteiger partial charge in [-0.05, 0) is 61.7 Å². The molecule has 0 spiro atoms. The molecule has 174 valence electrons. The van der Waals surface area contributed by atoms with Crippen molar-refractivity contribution in [1.82, 2.24) is 14.5 Å². The SMILES string of the molecule is Cc1cc(F)ccc1-c1nc(NCC2CCCO2)nc2c1ccc(=O)n2-c1c(F)cccc1F. The number of anilines is 1. The second-order valence-electron chi connectivity index (χ2n) is 8.19. The Hall–Kier alpha value is -3.72. The van der Waals surface area contributed by atoms with E-state index in [-0.39, 0.29) is 17.7 Å². The van der Waals surface area contributed by atoms with Gasteiger partial charge in [-0.15, -0.1) is 0 Å². The van der Waals surface area contributed by atoms with Crippen LogP contribution in [-0.4, -0.2) is 33.8 Å². The van der Waals surface area contributed by atoms with E-state index in [1.165, 1.54) is 30.3 Å². The van der Waals surface area contributed by atoms with E-state index in [1.807, 2.05) is 0 Å². The van der Waals surface area contributed by atoms with Crippen LogP contribution >= 0.6 is 0 Å². The first kappa shape index (κ1) is 22.1. The molecule has 1 N–H and O–H groups in total. The van der Waals surface area contributed by atoms with Crippen LogP contribution < -0.4 is 10.9 Å². The average molecular weight is 466 g/mol. The molecule has 9 heteroatoms. The quantitative estimate of drug-likeness (QED) is 0.459. The maximum atomic E-state index is 14.7. The molecule has 34 heavy (non-hydrogen) atoms. The predicted octanol–water partition coefficient (Wildman–Crippen LogP) is 4.76. The number of rotatable bonds is 5. The Morgan fingerprint density at radius 2 is 1.88 bits per heavy atom. The lowest BCUT2D eigenvalue weighted by Gasteiger charge is -2.17. The van der Waals surface area contributed by atoms with Crippen LogP contribution in [0.25, 0.3) is 28.0 Å². The third-order valence-electron chi connectivity index (χ3n) is 5.87. The van der Waals surface area contributed by atoms with Gasteiger partial charge in [-0.1, -0.05) is 6.07 Å². The van der Waals surface area contributed by atoms with Crippen molar-refractivity contribution in [2.24, 2.45) is 0 Å². The number of aryl methyl sites for hydroxylation is 1. The van der Waals surface area contributed by atoms with Crippen LogP contribution in [0.5, 0.6) is 0 Å². The van der Waals surface area contributed by atoms with Gasteiger partial charge in [0.05, 0.1) is 11.8 Å². The van der Waals surface area contributed by atoms with Crippen molar-refractivity contribution in [3.63, 3.8) is 0 Å². The van der Waals surface area contributed by atoms with Crippen molar-refractivity contribution in [2.45, 2.75) is 25.9 Å². The minimum atomic E-state index is -0.901. The van der Waals surface area contributed by atoms with E-state index in [0.717, 1.165) is 29.5 Å². The highest BCUT2D eigenvalue weighted by atomic mass is 19.1. The number of hydrogen-bond acceptors (Lipinski definition) is 5. The molecule has 2 aromatic carbocycles. The third-order valence-corrected chi connectivity index (χ3v) is 5.87. The lowest BCUT2D eigenvalue weighted by Crippen LogP contribution is -2.23. The maximum absolute atomic E-state index is 14.7. The first-order valence-electron chi connectivity index (χ1n) is 10.9. The minimum Gasteiger partial charge on any atom is -0.376 e. The molecular formula is C25H21F3N4O2. The molecule has 3 heterocycles. The van der Waals surface area contributed by atoms with Gasteiger partial charge in [-0.3, -0.25) is 9.36 Å². The molecule has 6 nitrogen and oxygen atoms in total. The van der Waals surface area contributed by atoms with Gasteiger partial charge in [0, 0.05) is 30.2 Å². The molecule has 1 fully saturated rings. The number of pyridine rings is 1. The first-order chi connectivity index (χ1) is 16.4. The van der Waals surface area contributed by atoms with Crippen LogP contribution in [0.4, 0.5) is 19.1 Å². The number of halogens is 3. The Bertz CT molecular complexity index is 1430. The Morgan fingerprint density at radius 1 is 1.09 bits per heavy atom. The molecule has 0 radical (unpaired) electrons. The Labute approximate surface area is 193 Å². The van der Waals surface area contributed by atoms with E-state index in [0.29, 0.717) is 35.4 Å². The first-order valence-corrected chi connectivity index (χ1v) is 10.9. The second-order valence-corrected chi connectivity index (χ2v) is 8.19. The maximum Gasteiger partial charge on any atom is 0.256 e. The molecule has 4 aromatic rings. The lowest BCUT2D eigenvalue weighted by molar-refractivity contribution is 0.120. The molecule has 1 unspecified atom stereocenters. The summed E-state index contributed by atoms with van der Waals surface area (Å²) in [5.74, 6) is -2.04. The van der Waals surface area contributed by atoms with Crippen molar-refractivity contribution in [3.05, 3.63) is 81.9 Å². The van der Waals surface area contributed by atoms with E-state index >= 15 is 0 Å². The fraction of sp³-hybridized carbons (Fsp3) is 0.240. The fourth-order valence-corrected chi connectivity index (χ4v) is 4.22. The average Bonchev–Trinajstić information content (AvgIpc) is 3.32. The molecule has 0 aliphatic carbocycles. The van der Waals surface area contributed by atoms with Gasteiger partial charge >= 0.3 is 0 Å². The van der Waals surface area contributed by atoms with Crippen LogP contribution in [0, 0.1) is 24.4 Å². The zero-order valence-electron chi connectivity index (χ0n) is 18.3. The van der Waals surface area contributed by atoms with E-state index in [9.17, 15) is 18.0 Å². The number of aromatic nitrogens is 3. The minimum absolute atomic E-state index is 0.0164. The van der Waals surface area contributed by atoms with Gasteiger partial charge in [0.1, 0.15) is 23.1 Å². The zero-order valence-corrected chi connectivity index (χ0v) is 18.3. The topological polar surface area (TPSA) is 69.0 Å². The lowest BCUT2D eigenvalue weighted by atomic mass is 10.0. The predicted molar refractivity (Wildman–Crippen MR) is 123 cm³/mol. The number of para-hydroxylation sites is 1. The fourth-order valence-electron chi connectivity index (χ4n) is 4.22. The van der Waals surface area contributed by atoms with Crippen LogP contribution in [0.3, 0.4) is 0 Å². The highest BCUT2D eigenvalue weighted by Gasteiger charge is 2.21. The normalized spacial score (nSPS) is 15.7. The second kappa shape index (κ2) is 8.90. The van der Waals surface area contributed by atoms with Gasteiger partial charge in [0.15, 0.2) is 5.65 Å². The number of fused-ring (bicyclic) bond motifs is 1. The summed E-state index contributed by atoms with van der Waals surface area (Å²) in [4.78, 5) is 22.0. The van der Waals surface area contributed by atoms with Gasteiger partial charge < -0.3 is 10.1 Å². The summed E-state index contributed by atoms with van der Waals surface area (Å²) in [5.41, 5.74) is 0.474. The Morgan fingerprint density at radius 3 is 2.59 bits per heavy atom. The molecule has 1 atom stereocenters. The van der Waals surface area contributed by atoms with E-state index in [2.05, 4.69) is 15.3 Å². The molecule has 2 aromatic heterocycles. The standard InChI is InChI=1S/C25H21F3N4O2/c1-14-12-15(26)7-8-17(14)22-18-9-10-21(33)32(23-19(27)5-2-6-20(23)28)24(18)31-25(30-22)29-13-16-4-3-11-34-16/h2,5-10,12,16H,3-4,11,13H2,1H3,(H,29,30,31). The number of hydrogen-bond donors (Lipinski definition) is 1. The van der Waals surface area contributed by atoms with Crippen molar-refractivity contribution in [1.29, 1.82) is 0 Å². The number of benzene rings is 2. The summed E-state index contributed by atoms with van der Waals surface area (Å²) < 4.78 is 49.8. The molecule has 1 aliphatic rings. The van der Waals surface area contributed by atoms with Gasteiger partial charge in [0.25, 0.3) is 5.56 Å². The van der Waals surface area contributed by atoms with Crippen molar-refractivity contribution in [3.8, 4) is 16.9 Å². The highest BCUT2D eigenvalue weighted by molar-refractivity contribution is 5.93. The van der Waals surface area contributed by atoms with E-state index in [1.54, 1.807) is 13.0 Å². The Balaban J connectivity index is 1.77. The molecule has 5 rings (SSSR count).